The van der Waals surface area contributed by atoms with Gasteiger partial charge >= 0.3 is 11.9 Å². The Kier molecular flexibility index (Phi) is 9.25. The van der Waals surface area contributed by atoms with Crippen molar-refractivity contribution in [2.75, 3.05) is 19.8 Å². The second-order valence-electron chi connectivity index (χ2n) is 5.53. The lowest BCUT2D eigenvalue weighted by molar-refractivity contribution is -0.305. The molecule has 1 rings (SSSR count). The number of aliphatic hydroxyl groups is 4. The number of carbonyl (C=O) groups excluding carboxylic acids is 2. The SMILES string of the molecule is CCC(=O)OCC(COC1OC(CO)C(O)C(O)C1O)OC(=O)CC. The van der Waals surface area contributed by atoms with Crippen LogP contribution in [-0.4, -0.2) is 89.0 Å². The monoisotopic (exact) mass is 366 g/mol. The van der Waals surface area contributed by atoms with Crippen LogP contribution >= 0.6 is 0 Å². The van der Waals surface area contributed by atoms with Crippen molar-refractivity contribution in [3.63, 3.8) is 0 Å². The molecule has 1 aliphatic rings. The van der Waals surface area contributed by atoms with Gasteiger partial charge in [-0.15, -0.1) is 0 Å². The van der Waals surface area contributed by atoms with Crippen molar-refractivity contribution in [3.05, 3.63) is 0 Å². The summed E-state index contributed by atoms with van der Waals surface area (Å²) in [6.45, 7) is 2.09. The second kappa shape index (κ2) is 10.6. The summed E-state index contributed by atoms with van der Waals surface area (Å²) in [5.41, 5.74) is 0. The minimum Gasteiger partial charge on any atom is -0.462 e. The topological polar surface area (TPSA) is 152 Å². The molecular formula is C15H26O10. The van der Waals surface area contributed by atoms with Crippen LogP contribution < -0.4 is 0 Å². The van der Waals surface area contributed by atoms with Crippen LogP contribution in [0.25, 0.3) is 0 Å². The molecule has 0 bridgehead atoms. The molecule has 1 aliphatic heterocycles. The highest BCUT2D eigenvalue weighted by atomic mass is 16.7. The van der Waals surface area contributed by atoms with Crippen LogP contribution in [0.3, 0.4) is 0 Å². The van der Waals surface area contributed by atoms with E-state index in [0.29, 0.717) is 0 Å². The molecule has 0 aromatic carbocycles. The molecule has 0 radical (unpaired) electrons. The Labute approximate surface area is 145 Å². The van der Waals surface area contributed by atoms with E-state index in [1.165, 1.54) is 0 Å². The summed E-state index contributed by atoms with van der Waals surface area (Å²) in [5, 5.41) is 38.4. The highest BCUT2D eigenvalue weighted by Gasteiger charge is 2.44. The van der Waals surface area contributed by atoms with Crippen molar-refractivity contribution in [2.45, 2.75) is 63.5 Å². The Hall–Kier alpha value is -1.30. The molecule has 6 unspecified atom stereocenters. The highest BCUT2D eigenvalue weighted by molar-refractivity contribution is 5.70. The molecule has 0 aromatic rings. The highest BCUT2D eigenvalue weighted by Crippen LogP contribution is 2.22. The summed E-state index contributed by atoms with van der Waals surface area (Å²) in [7, 11) is 0. The molecule has 6 atom stereocenters. The van der Waals surface area contributed by atoms with Gasteiger partial charge in [0.2, 0.25) is 0 Å². The van der Waals surface area contributed by atoms with Gasteiger partial charge in [0, 0.05) is 12.8 Å². The van der Waals surface area contributed by atoms with E-state index >= 15 is 0 Å². The Morgan fingerprint density at radius 3 is 2.20 bits per heavy atom. The molecule has 0 aromatic heterocycles. The number of carbonyl (C=O) groups is 2. The van der Waals surface area contributed by atoms with E-state index in [4.69, 9.17) is 24.1 Å². The summed E-state index contributed by atoms with van der Waals surface area (Å²) in [6, 6.07) is 0. The normalized spacial score (nSPS) is 30.6. The van der Waals surface area contributed by atoms with E-state index in [0.717, 1.165) is 0 Å². The van der Waals surface area contributed by atoms with Crippen LogP contribution in [-0.2, 0) is 28.5 Å². The van der Waals surface area contributed by atoms with Crippen molar-refractivity contribution in [3.8, 4) is 0 Å². The number of aliphatic hydroxyl groups excluding tert-OH is 4. The van der Waals surface area contributed by atoms with Crippen molar-refractivity contribution >= 4 is 11.9 Å². The van der Waals surface area contributed by atoms with Crippen LogP contribution in [0.4, 0.5) is 0 Å². The zero-order valence-corrected chi connectivity index (χ0v) is 14.2. The van der Waals surface area contributed by atoms with Gasteiger partial charge in [0.1, 0.15) is 31.0 Å². The van der Waals surface area contributed by atoms with Gasteiger partial charge in [0.25, 0.3) is 0 Å². The molecule has 0 aliphatic carbocycles. The van der Waals surface area contributed by atoms with Crippen molar-refractivity contribution < 1.29 is 49.0 Å². The van der Waals surface area contributed by atoms with Gasteiger partial charge in [-0.1, -0.05) is 13.8 Å². The van der Waals surface area contributed by atoms with Crippen LogP contribution in [0.5, 0.6) is 0 Å². The van der Waals surface area contributed by atoms with Gasteiger partial charge in [-0.3, -0.25) is 9.59 Å². The van der Waals surface area contributed by atoms with Crippen molar-refractivity contribution in [1.29, 1.82) is 0 Å². The fourth-order valence-corrected chi connectivity index (χ4v) is 2.08. The summed E-state index contributed by atoms with van der Waals surface area (Å²) in [6.07, 6.45) is -7.79. The summed E-state index contributed by atoms with van der Waals surface area (Å²) >= 11 is 0. The fraction of sp³-hybridized carbons (Fsp3) is 0.867. The van der Waals surface area contributed by atoms with Gasteiger partial charge < -0.3 is 39.4 Å². The van der Waals surface area contributed by atoms with Crippen molar-refractivity contribution in [1.82, 2.24) is 0 Å². The minimum atomic E-state index is -1.58. The van der Waals surface area contributed by atoms with E-state index in [1.54, 1.807) is 13.8 Å². The first-order valence-electron chi connectivity index (χ1n) is 8.11. The first-order valence-corrected chi connectivity index (χ1v) is 8.11. The lowest BCUT2D eigenvalue weighted by Crippen LogP contribution is -2.59. The van der Waals surface area contributed by atoms with Crippen LogP contribution in [0.15, 0.2) is 0 Å². The van der Waals surface area contributed by atoms with E-state index in [1.807, 2.05) is 0 Å². The zero-order chi connectivity index (χ0) is 19.0. The standard InChI is InChI=1S/C15H26O10/c1-3-10(17)22-6-8(24-11(18)4-2)7-23-15-14(21)13(20)12(19)9(5-16)25-15/h8-9,12-16,19-21H,3-7H2,1-2H3. The van der Waals surface area contributed by atoms with E-state index in [-0.39, 0.29) is 26.1 Å². The Balaban J connectivity index is 2.63. The number of rotatable bonds is 9. The number of esters is 2. The average molecular weight is 366 g/mol. The summed E-state index contributed by atoms with van der Waals surface area (Å²) in [4.78, 5) is 22.7. The molecule has 4 N–H and O–H groups in total. The summed E-state index contributed by atoms with van der Waals surface area (Å²) in [5.74, 6) is -1.01. The van der Waals surface area contributed by atoms with E-state index in [9.17, 15) is 24.9 Å². The molecule has 0 spiro atoms. The Morgan fingerprint density at radius 1 is 1.00 bits per heavy atom. The quantitative estimate of drug-likeness (QED) is 0.340. The van der Waals surface area contributed by atoms with Crippen molar-refractivity contribution in [2.24, 2.45) is 0 Å². The lowest BCUT2D eigenvalue weighted by Gasteiger charge is -2.39. The van der Waals surface area contributed by atoms with Crippen LogP contribution in [0.1, 0.15) is 26.7 Å². The first-order chi connectivity index (χ1) is 11.8. The van der Waals surface area contributed by atoms with E-state index < -0.39 is 55.4 Å². The van der Waals surface area contributed by atoms with Gasteiger partial charge in [-0.25, -0.2) is 0 Å². The van der Waals surface area contributed by atoms with Crippen LogP contribution in [0.2, 0.25) is 0 Å². The smallest absolute Gasteiger partial charge is 0.305 e. The maximum atomic E-state index is 11.4. The van der Waals surface area contributed by atoms with Gasteiger partial charge in [-0.2, -0.15) is 0 Å². The second-order valence-corrected chi connectivity index (χ2v) is 5.53. The van der Waals surface area contributed by atoms with Gasteiger partial charge in [0.15, 0.2) is 12.4 Å². The number of hydrogen-bond donors (Lipinski definition) is 4. The number of ether oxygens (including phenoxy) is 4. The zero-order valence-electron chi connectivity index (χ0n) is 14.2. The average Bonchev–Trinajstić information content (AvgIpc) is 2.62. The Morgan fingerprint density at radius 2 is 1.64 bits per heavy atom. The Bertz CT molecular complexity index is 427. The predicted molar refractivity (Wildman–Crippen MR) is 81.1 cm³/mol. The third kappa shape index (κ3) is 6.49. The minimum absolute atomic E-state index is 0.109. The summed E-state index contributed by atoms with van der Waals surface area (Å²) < 4.78 is 20.5. The largest absolute Gasteiger partial charge is 0.462 e. The molecule has 0 saturated carbocycles. The lowest BCUT2D eigenvalue weighted by atomic mass is 9.99. The molecule has 0 amide bonds. The predicted octanol–water partition coefficient (Wildman–Crippen LogP) is -1.92. The molecule has 146 valence electrons. The number of hydrogen-bond acceptors (Lipinski definition) is 10. The molecule has 10 nitrogen and oxygen atoms in total. The van der Waals surface area contributed by atoms with E-state index in [2.05, 4.69) is 0 Å². The molecule has 10 heteroatoms. The van der Waals surface area contributed by atoms with Gasteiger partial charge in [0.05, 0.1) is 13.2 Å². The molecule has 25 heavy (non-hydrogen) atoms. The molecule has 1 fully saturated rings. The molecule has 1 saturated heterocycles. The maximum absolute atomic E-state index is 11.4. The molecule has 1 heterocycles. The third-order valence-corrected chi connectivity index (χ3v) is 3.60. The third-order valence-electron chi connectivity index (χ3n) is 3.60. The fourth-order valence-electron chi connectivity index (χ4n) is 2.08. The maximum Gasteiger partial charge on any atom is 0.305 e. The first kappa shape index (κ1) is 21.7. The van der Waals surface area contributed by atoms with Gasteiger partial charge in [-0.05, 0) is 0 Å². The van der Waals surface area contributed by atoms with Crippen LogP contribution in [0, 0.1) is 0 Å². The molecular weight excluding hydrogens is 340 g/mol.